The van der Waals surface area contributed by atoms with E-state index in [4.69, 9.17) is 5.73 Å². The number of phenols is 1. The number of hydrogen-bond donors (Lipinski definition) is 2. The van der Waals surface area contributed by atoms with Crippen LogP contribution in [-0.2, 0) is 0 Å². The molecule has 1 fully saturated rings. The number of rotatable bonds is 2. The number of benzene rings is 1. The van der Waals surface area contributed by atoms with Gasteiger partial charge in [-0.3, -0.25) is 0 Å². The van der Waals surface area contributed by atoms with Gasteiger partial charge < -0.3 is 15.4 Å². The molecule has 1 saturated carbocycles. The molecule has 0 unspecified atom stereocenters. The fraction of sp³-hybridized carbons (Fsp3) is 0.385. The molecule has 1 aliphatic rings. The minimum absolute atomic E-state index is 0.102. The number of phenolic OH excluding ortho intramolecular Hbond substituents is 1. The number of nitrogens with zero attached hydrogens (tertiary/aromatic N) is 3. The second-order valence-electron chi connectivity index (χ2n) is 4.77. The van der Waals surface area contributed by atoms with Gasteiger partial charge in [0.1, 0.15) is 12.1 Å². The van der Waals surface area contributed by atoms with Crippen molar-refractivity contribution in [1.29, 1.82) is 0 Å². The Morgan fingerprint density at radius 1 is 1.28 bits per heavy atom. The predicted octanol–water partition coefficient (Wildman–Crippen LogP) is 2.35. The molecule has 1 aromatic heterocycles. The zero-order valence-electron chi connectivity index (χ0n) is 10.1. The third-order valence-corrected chi connectivity index (χ3v) is 3.58. The third kappa shape index (κ3) is 1.81. The molecule has 0 radical (unpaired) electrons. The quantitative estimate of drug-likeness (QED) is 0.628. The van der Waals surface area contributed by atoms with Gasteiger partial charge in [-0.2, -0.15) is 0 Å². The molecule has 1 aromatic carbocycles. The Kier molecular flexibility index (Phi) is 2.66. The number of hydrogen-bond acceptors (Lipinski definition) is 4. The summed E-state index contributed by atoms with van der Waals surface area (Å²) in [5.41, 5.74) is 6.99. The molecular formula is C13H16N4O. The van der Waals surface area contributed by atoms with Crippen LogP contribution in [0.2, 0.25) is 0 Å². The number of nitrogens with two attached hydrogens (primary N) is 1. The maximum absolute atomic E-state index is 9.45. The van der Waals surface area contributed by atoms with Crippen molar-refractivity contribution in [2.75, 3.05) is 5.73 Å². The minimum Gasteiger partial charge on any atom is -0.506 e. The van der Waals surface area contributed by atoms with Crippen molar-refractivity contribution in [3.8, 4) is 17.1 Å². The van der Waals surface area contributed by atoms with Crippen LogP contribution in [-0.4, -0.2) is 19.9 Å². The third-order valence-electron chi connectivity index (χ3n) is 3.58. The Labute approximate surface area is 105 Å². The van der Waals surface area contributed by atoms with Crippen LogP contribution in [0.25, 0.3) is 11.4 Å². The largest absolute Gasteiger partial charge is 0.506 e. The van der Waals surface area contributed by atoms with Crippen LogP contribution in [0.1, 0.15) is 31.7 Å². The second-order valence-corrected chi connectivity index (χ2v) is 4.77. The highest BCUT2D eigenvalue weighted by Gasteiger charge is 2.20. The van der Waals surface area contributed by atoms with E-state index in [1.165, 1.54) is 25.7 Å². The van der Waals surface area contributed by atoms with E-state index in [-0.39, 0.29) is 5.75 Å². The van der Waals surface area contributed by atoms with Crippen LogP contribution in [0.3, 0.4) is 0 Å². The first-order valence-electron chi connectivity index (χ1n) is 6.24. The van der Waals surface area contributed by atoms with Gasteiger partial charge in [0.15, 0.2) is 5.82 Å². The van der Waals surface area contributed by atoms with Crippen molar-refractivity contribution in [1.82, 2.24) is 14.8 Å². The van der Waals surface area contributed by atoms with Crippen LogP contribution in [0.15, 0.2) is 24.5 Å². The molecule has 3 rings (SSSR count). The van der Waals surface area contributed by atoms with Crippen molar-refractivity contribution >= 4 is 5.69 Å². The first-order chi connectivity index (χ1) is 8.75. The molecule has 0 spiro atoms. The summed E-state index contributed by atoms with van der Waals surface area (Å²) in [5.74, 6) is 0.930. The molecular weight excluding hydrogens is 228 g/mol. The van der Waals surface area contributed by atoms with Crippen molar-refractivity contribution in [3.63, 3.8) is 0 Å². The highest BCUT2D eigenvalue weighted by Crippen LogP contribution is 2.33. The number of anilines is 1. The normalized spacial score (nSPS) is 16.2. The highest BCUT2D eigenvalue weighted by molar-refractivity contribution is 5.66. The van der Waals surface area contributed by atoms with Gasteiger partial charge in [0.05, 0.1) is 5.69 Å². The number of nitrogen functional groups attached to an aromatic ring is 1. The van der Waals surface area contributed by atoms with Crippen LogP contribution in [0, 0.1) is 0 Å². The molecule has 0 amide bonds. The van der Waals surface area contributed by atoms with Crippen LogP contribution in [0.5, 0.6) is 5.75 Å². The second kappa shape index (κ2) is 4.33. The van der Waals surface area contributed by atoms with Crippen molar-refractivity contribution in [2.24, 2.45) is 0 Å². The Morgan fingerprint density at radius 2 is 2.06 bits per heavy atom. The van der Waals surface area contributed by atoms with E-state index in [1.807, 2.05) is 6.07 Å². The molecule has 1 aliphatic carbocycles. The average molecular weight is 244 g/mol. The van der Waals surface area contributed by atoms with E-state index < -0.39 is 0 Å². The molecule has 3 N–H and O–H groups in total. The van der Waals surface area contributed by atoms with Gasteiger partial charge in [0.2, 0.25) is 0 Å². The molecule has 5 heteroatoms. The fourth-order valence-corrected chi connectivity index (χ4v) is 2.59. The first-order valence-corrected chi connectivity index (χ1v) is 6.24. The summed E-state index contributed by atoms with van der Waals surface area (Å²) in [5, 5.41) is 17.6. The summed E-state index contributed by atoms with van der Waals surface area (Å²) in [6.07, 6.45) is 6.67. The van der Waals surface area contributed by atoms with E-state index in [9.17, 15) is 5.11 Å². The Bertz CT molecular complexity index is 558. The SMILES string of the molecule is Nc1cc(-c2nncn2C2CCCC2)ccc1O. The van der Waals surface area contributed by atoms with Crippen molar-refractivity contribution in [3.05, 3.63) is 24.5 Å². The van der Waals surface area contributed by atoms with E-state index in [2.05, 4.69) is 14.8 Å². The standard InChI is InChI=1S/C13H16N4O/c14-11-7-9(5-6-12(11)18)13-16-15-8-17(13)10-3-1-2-4-10/h5-8,10,18H,1-4,14H2. The molecule has 5 nitrogen and oxygen atoms in total. The Hall–Kier alpha value is -2.04. The summed E-state index contributed by atoms with van der Waals surface area (Å²) in [6, 6.07) is 5.65. The molecule has 94 valence electrons. The lowest BCUT2D eigenvalue weighted by molar-refractivity contribution is 0.478. The molecule has 0 aliphatic heterocycles. The lowest BCUT2D eigenvalue weighted by atomic mass is 10.1. The summed E-state index contributed by atoms with van der Waals surface area (Å²) in [6.45, 7) is 0. The summed E-state index contributed by atoms with van der Waals surface area (Å²) < 4.78 is 2.12. The molecule has 0 atom stereocenters. The van der Waals surface area contributed by atoms with Gasteiger partial charge in [-0.1, -0.05) is 12.8 Å². The van der Waals surface area contributed by atoms with E-state index in [1.54, 1.807) is 18.5 Å². The average Bonchev–Trinajstić information content (AvgIpc) is 3.00. The fourth-order valence-electron chi connectivity index (χ4n) is 2.59. The molecule has 0 saturated heterocycles. The van der Waals surface area contributed by atoms with Gasteiger partial charge in [0, 0.05) is 11.6 Å². The van der Waals surface area contributed by atoms with E-state index in [0.717, 1.165) is 11.4 Å². The summed E-state index contributed by atoms with van der Waals surface area (Å²) in [4.78, 5) is 0. The van der Waals surface area contributed by atoms with Crippen molar-refractivity contribution < 1.29 is 5.11 Å². The maximum atomic E-state index is 9.45. The van der Waals surface area contributed by atoms with Gasteiger partial charge in [-0.05, 0) is 31.0 Å². The van der Waals surface area contributed by atoms with E-state index in [0.29, 0.717) is 11.7 Å². The first kappa shape index (κ1) is 11.1. The Morgan fingerprint density at radius 3 is 2.78 bits per heavy atom. The zero-order valence-corrected chi connectivity index (χ0v) is 10.1. The highest BCUT2D eigenvalue weighted by atomic mass is 16.3. The number of aromatic hydroxyl groups is 1. The molecule has 0 bridgehead atoms. The lowest BCUT2D eigenvalue weighted by Crippen LogP contribution is -2.05. The molecule has 1 heterocycles. The maximum Gasteiger partial charge on any atom is 0.164 e. The van der Waals surface area contributed by atoms with Crippen LogP contribution in [0.4, 0.5) is 5.69 Å². The predicted molar refractivity (Wildman–Crippen MR) is 69.0 cm³/mol. The number of aromatic nitrogens is 3. The lowest BCUT2D eigenvalue weighted by Gasteiger charge is -2.13. The molecule has 18 heavy (non-hydrogen) atoms. The minimum atomic E-state index is 0.102. The van der Waals surface area contributed by atoms with E-state index >= 15 is 0 Å². The zero-order chi connectivity index (χ0) is 12.5. The Balaban J connectivity index is 2.00. The smallest absolute Gasteiger partial charge is 0.164 e. The van der Waals surface area contributed by atoms with Crippen LogP contribution < -0.4 is 5.73 Å². The van der Waals surface area contributed by atoms with Gasteiger partial charge in [-0.25, -0.2) is 0 Å². The van der Waals surface area contributed by atoms with Gasteiger partial charge >= 0.3 is 0 Å². The van der Waals surface area contributed by atoms with Crippen LogP contribution >= 0.6 is 0 Å². The monoisotopic (exact) mass is 244 g/mol. The van der Waals surface area contributed by atoms with Crippen molar-refractivity contribution in [2.45, 2.75) is 31.7 Å². The van der Waals surface area contributed by atoms with Gasteiger partial charge in [0.25, 0.3) is 0 Å². The summed E-state index contributed by atoms with van der Waals surface area (Å²) in [7, 11) is 0. The summed E-state index contributed by atoms with van der Waals surface area (Å²) >= 11 is 0. The molecule has 2 aromatic rings. The van der Waals surface area contributed by atoms with Gasteiger partial charge in [-0.15, -0.1) is 10.2 Å². The topological polar surface area (TPSA) is 77.0 Å².